The number of carbonyl (C=O) groups is 1. The third-order valence-corrected chi connectivity index (χ3v) is 2.05. The van der Waals surface area contributed by atoms with Gasteiger partial charge in [-0.3, -0.25) is 4.79 Å². The van der Waals surface area contributed by atoms with Gasteiger partial charge in [-0.2, -0.15) is 5.21 Å². The van der Waals surface area contributed by atoms with E-state index in [4.69, 9.17) is 11.5 Å². The second kappa shape index (κ2) is 4.08. The molecule has 6 N–H and O–H groups in total. The number of benzene rings is 1. The molecule has 0 radical (unpaired) electrons. The number of nitrogens with zero attached hydrogens (tertiary/aromatic N) is 2. The fourth-order valence-corrected chi connectivity index (χ4v) is 1.26. The Kier molecular flexibility index (Phi) is 2.61. The van der Waals surface area contributed by atoms with Gasteiger partial charge >= 0.3 is 0 Å². The van der Waals surface area contributed by atoms with Gasteiger partial charge in [-0.05, 0) is 18.2 Å². The first-order valence-corrected chi connectivity index (χ1v) is 4.60. The number of rotatable bonds is 3. The molecule has 8 heteroatoms. The van der Waals surface area contributed by atoms with Gasteiger partial charge in [-0.25, -0.2) is 4.39 Å². The van der Waals surface area contributed by atoms with E-state index >= 15 is 0 Å². The van der Waals surface area contributed by atoms with E-state index in [2.05, 4.69) is 20.7 Å². The summed E-state index contributed by atoms with van der Waals surface area (Å²) in [5, 5.41) is 12.3. The number of halogens is 1. The van der Waals surface area contributed by atoms with Crippen molar-refractivity contribution in [1.82, 2.24) is 15.4 Å². The number of aromatic amines is 1. The number of nitrogens with two attached hydrogens (primary N) is 2. The molecular weight excluding hydrogens is 227 g/mol. The molecule has 1 amide bonds. The summed E-state index contributed by atoms with van der Waals surface area (Å²) in [6.07, 6.45) is 0. The van der Waals surface area contributed by atoms with Crippen LogP contribution < -0.4 is 16.8 Å². The lowest BCUT2D eigenvalue weighted by Gasteiger charge is -2.06. The van der Waals surface area contributed by atoms with Gasteiger partial charge in [0.1, 0.15) is 5.82 Å². The van der Waals surface area contributed by atoms with E-state index in [1.54, 1.807) is 0 Å². The molecule has 1 heterocycles. The quantitative estimate of drug-likeness (QED) is 0.573. The molecule has 1 aromatic heterocycles. The number of hydrogen-bond acceptors (Lipinski definition) is 5. The number of H-pyrrole nitrogens is 1. The number of amides is 1. The zero-order valence-corrected chi connectivity index (χ0v) is 8.57. The van der Waals surface area contributed by atoms with E-state index in [0.717, 1.165) is 6.07 Å². The molecule has 7 nitrogen and oxygen atoms in total. The monoisotopic (exact) mass is 236 g/mol. The van der Waals surface area contributed by atoms with Crippen LogP contribution in [0.25, 0.3) is 0 Å². The van der Waals surface area contributed by atoms with Crippen LogP contribution in [0.2, 0.25) is 0 Å². The van der Waals surface area contributed by atoms with Crippen molar-refractivity contribution in [2.45, 2.75) is 0 Å². The van der Waals surface area contributed by atoms with Crippen LogP contribution in [0.1, 0.15) is 10.5 Å². The van der Waals surface area contributed by atoms with Crippen molar-refractivity contribution in [2.75, 3.05) is 11.1 Å². The number of aromatic nitrogens is 3. The first-order valence-electron chi connectivity index (χ1n) is 4.60. The van der Waals surface area contributed by atoms with Crippen molar-refractivity contribution in [3.63, 3.8) is 0 Å². The van der Waals surface area contributed by atoms with Crippen molar-refractivity contribution in [3.05, 3.63) is 29.7 Å². The highest BCUT2D eigenvalue weighted by atomic mass is 19.1. The molecule has 0 saturated carbocycles. The highest BCUT2D eigenvalue weighted by molar-refractivity contribution is 5.96. The topological polar surface area (TPSA) is 123 Å². The molecule has 17 heavy (non-hydrogen) atoms. The molecule has 2 aromatic rings. The summed E-state index contributed by atoms with van der Waals surface area (Å²) in [6, 6.07) is 3.79. The van der Waals surface area contributed by atoms with Gasteiger partial charge in [0.25, 0.3) is 5.91 Å². The maximum absolute atomic E-state index is 12.8. The van der Waals surface area contributed by atoms with E-state index in [0.29, 0.717) is 5.69 Å². The smallest absolute Gasteiger partial charge is 0.273 e. The van der Waals surface area contributed by atoms with Crippen molar-refractivity contribution < 1.29 is 9.18 Å². The van der Waals surface area contributed by atoms with E-state index < -0.39 is 11.7 Å². The average molecular weight is 236 g/mol. The Labute approximate surface area is 95.0 Å². The summed E-state index contributed by atoms with van der Waals surface area (Å²) in [6.45, 7) is 0. The number of anilines is 3. The van der Waals surface area contributed by atoms with Crippen molar-refractivity contribution in [3.8, 4) is 0 Å². The number of hydrogen-bond donors (Lipinski definition) is 4. The molecule has 0 aliphatic carbocycles. The van der Waals surface area contributed by atoms with Gasteiger partial charge in [0.05, 0.1) is 11.4 Å². The first-order chi connectivity index (χ1) is 8.08. The standard InChI is InChI=1S/C9H9FN6O/c10-4-1-2-6(5(11)3-4)13-9-7(8(12)17)14-16-15-9/h1-3H,11H2,(H2,12,17)(H2,13,14,15,16). The molecule has 0 fully saturated rings. The second-order valence-electron chi connectivity index (χ2n) is 3.24. The minimum atomic E-state index is -0.734. The Balaban J connectivity index is 2.31. The Hall–Kier alpha value is -2.64. The van der Waals surface area contributed by atoms with E-state index in [-0.39, 0.29) is 17.2 Å². The van der Waals surface area contributed by atoms with Crippen molar-refractivity contribution >= 4 is 23.1 Å². The Bertz CT molecular complexity index is 566. The SMILES string of the molecule is NC(=O)c1n[nH]nc1Nc1ccc(F)cc1N. The van der Waals surface area contributed by atoms with Gasteiger partial charge in [0.15, 0.2) is 11.5 Å². The van der Waals surface area contributed by atoms with E-state index in [9.17, 15) is 9.18 Å². The fraction of sp³-hybridized carbons (Fsp3) is 0. The highest BCUT2D eigenvalue weighted by Crippen LogP contribution is 2.23. The average Bonchev–Trinajstić information content (AvgIpc) is 2.70. The van der Waals surface area contributed by atoms with E-state index in [1.165, 1.54) is 12.1 Å². The van der Waals surface area contributed by atoms with Crippen LogP contribution in [0.3, 0.4) is 0 Å². The van der Waals surface area contributed by atoms with Gasteiger partial charge < -0.3 is 16.8 Å². The zero-order valence-electron chi connectivity index (χ0n) is 8.57. The molecule has 0 aliphatic rings. The molecule has 1 aromatic carbocycles. The van der Waals surface area contributed by atoms with Gasteiger partial charge in [-0.1, -0.05) is 0 Å². The summed E-state index contributed by atoms with van der Waals surface area (Å²) >= 11 is 0. The third kappa shape index (κ3) is 2.14. The predicted molar refractivity (Wildman–Crippen MR) is 59.0 cm³/mol. The summed E-state index contributed by atoms with van der Waals surface area (Å²) in [5.41, 5.74) is 11.2. The fourth-order valence-electron chi connectivity index (χ4n) is 1.26. The number of nitrogens with one attached hydrogen (secondary N) is 2. The van der Waals surface area contributed by atoms with Gasteiger partial charge in [-0.15, -0.1) is 10.2 Å². The normalized spacial score (nSPS) is 10.2. The number of primary amides is 1. The molecule has 2 rings (SSSR count). The summed E-state index contributed by atoms with van der Waals surface area (Å²) < 4.78 is 12.8. The van der Waals surface area contributed by atoms with Crippen molar-refractivity contribution in [1.29, 1.82) is 0 Å². The Morgan fingerprint density at radius 2 is 2.18 bits per heavy atom. The lowest BCUT2D eigenvalue weighted by Crippen LogP contribution is -2.13. The minimum absolute atomic E-state index is 0.0475. The van der Waals surface area contributed by atoms with Crippen LogP contribution in [-0.4, -0.2) is 21.3 Å². The lowest BCUT2D eigenvalue weighted by molar-refractivity contribution is 0.0996. The molecular formula is C9H9FN6O. The number of carbonyl (C=O) groups excluding carboxylic acids is 1. The third-order valence-electron chi connectivity index (χ3n) is 2.05. The second-order valence-corrected chi connectivity index (χ2v) is 3.24. The minimum Gasteiger partial charge on any atom is -0.397 e. The zero-order chi connectivity index (χ0) is 12.4. The van der Waals surface area contributed by atoms with Crippen molar-refractivity contribution in [2.24, 2.45) is 5.73 Å². The summed E-state index contributed by atoms with van der Waals surface area (Å²) in [7, 11) is 0. The van der Waals surface area contributed by atoms with Crippen LogP contribution in [0, 0.1) is 5.82 Å². The lowest BCUT2D eigenvalue weighted by atomic mass is 10.2. The van der Waals surface area contributed by atoms with Crippen LogP contribution in [0.15, 0.2) is 18.2 Å². The highest BCUT2D eigenvalue weighted by Gasteiger charge is 2.14. The van der Waals surface area contributed by atoms with Crippen LogP contribution in [-0.2, 0) is 0 Å². The van der Waals surface area contributed by atoms with E-state index in [1.807, 2.05) is 0 Å². The maximum atomic E-state index is 12.8. The molecule has 0 saturated heterocycles. The number of nitrogen functional groups attached to an aromatic ring is 1. The summed E-state index contributed by atoms with van der Waals surface area (Å²) in [5.74, 6) is -1.05. The largest absolute Gasteiger partial charge is 0.397 e. The van der Waals surface area contributed by atoms with Crippen LogP contribution >= 0.6 is 0 Å². The molecule has 88 valence electrons. The Morgan fingerprint density at radius 3 is 2.82 bits per heavy atom. The van der Waals surface area contributed by atoms with Gasteiger partial charge in [0.2, 0.25) is 0 Å². The maximum Gasteiger partial charge on any atom is 0.273 e. The van der Waals surface area contributed by atoms with Crippen LogP contribution in [0.5, 0.6) is 0 Å². The Morgan fingerprint density at radius 1 is 1.41 bits per heavy atom. The van der Waals surface area contributed by atoms with Crippen LogP contribution in [0.4, 0.5) is 21.6 Å². The predicted octanol–water partition coefficient (Wildman–Crippen LogP) is 0.368. The molecule has 0 bridgehead atoms. The molecule has 0 spiro atoms. The van der Waals surface area contributed by atoms with Gasteiger partial charge in [0, 0.05) is 0 Å². The first kappa shape index (κ1) is 10.9. The molecule has 0 aliphatic heterocycles. The summed E-state index contributed by atoms with van der Waals surface area (Å²) in [4.78, 5) is 11.0. The molecule has 0 unspecified atom stereocenters. The molecule has 0 atom stereocenters.